The average Bonchev–Trinajstić information content (AvgIpc) is 2.93. The number of ether oxygens (including phenoxy) is 1. The van der Waals surface area contributed by atoms with E-state index in [4.69, 9.17) is 9.84 Å². The zero-order valence-corrected chi connectivity index (χ0v) is 11.4. The quantitative estimate of drug-likeness (QED) is 0.735. The summed E-state index contributed by atoms with van der Waals surface area (Å²) < 4.78 is 27.9. The van der Waals surface area contributed by atoms with E-state index in [1.807, 2.05) is 0 Å². The molecule has 3 atom stereocenters. The van der Waals surface area contributed by atoms with Crippen LogP contribution in [-0.2, 0) is 24.2 Å². The van der Waals surface area contributed by atoms with E-state index in [2.05, 4.69) is 0 Å². The molecule has 8 heteroatoms. The topological polar surface area (TPSA) is 101 Å². The van der Waals surface area contributed by atoms with E-state index in [0.29, 0.717) is 19.3 Å². The maximum absolute atomic E-state index is 12.1. The smallest absolute Gasteiger partial charge is 0.332 e. The third-order valence-corrected chi connectivity index (χ3v) is 5.42. The Labute approximate surface area is 111 Å². The van der Waals surface area contributed by atoms with Crippen LogP contribution in [0.4, 0.5) is 0 Å². The molecule has 2 rings (SSSR count). The number of rotatable bonds is 3. The van der Waals surface area contributed by atoms with Crippen molar-refractivity contribution in [2.75, 3.05) is 18.6 Å². The van der Waals surface area contributed by atoms with Crippen LogP contribution < -0.4 is 0 Å². The van der Waals surface area contributed by atoms with Gasteiger partial charge in [-0.25, -0.2) is 13.2 Å². The fourth-order valence-corrected chi connectivity index (χ4v) is 4.26. The van der Waals surface area contributed by atoms with Gasteiger partial charge in [-0.3, -0.25) is 4.79 Å². The number of carbonyl (C=O) groups is 2. The monoisotopic (exact) mass is 291 g/mol. The second-order valence-corrected chi connectivity index (χ2v) is 7.26. The summed E-state index contributed by atoms with van der Waals surface area (Å²) in [5.41, 5.74) is 0. The molecule has 2 saturated heterocycles. The Balaban J connectivity index is 1.95. The lowest BCUT2D eigenvalue weighted by Gasteiger charge is -2.26. The molecule has 1 amide bonds. The molecule has 2 aliphatic heterocycles. The molecule has 0 radical (unpaired) electrons. The lowest BCUT2D eigenvalue weighted by atomic mass is 10.1. The molecule has 0 aromatic rings. The molecular weight excluding hydrogens is 274 g/mol. The summed E-state index contributed by atoms with van der Waals surface area (Å²) in [7, 11) is -1.50. The summed E-state index contributed by atoms with van der Waals surface area (Å²) in [5.74, 6) is -1.32. The number of amides is 1. The number of hydrogen-bond donors (Lipinski definition) is 1. The molecule has 3 unspecified atom stereocenters. The Morgan fingerprint density at radius 3 is 2.32 bits per heavy atom. The number of hydrogen-bond acceptors (Lipinski definition) is 5. The van der Waals surface area contributed by atoms with Crippen LogP contribution in [0.3, 0.4) is 0 Å². The highest BCUT2D eigenvalue weighted by atomic mass is 32.2. The van der Waals surface area contributed by atoms with Crippen molar-refractivity contribution in [3.05, 3.63) is 0 Å². The van der Waals surface area contributed by atoms with Gasteiger partial charge in [0.05, 0.1) is 11.5 Å². The third-order valence-electron chi connectivity index (χ3n) is 3.67. The summed E-state index contributed by atoms with van der Waals surface area (Å²) in [6.07, 6.45) is -0.606. The number of likely N-dealkylation sites (N-methyl/N-ethyl adjacent to an activating group) is 1. The molecule has 0 aromatic heterocycles. The zero-order chi connectivity index (χ0) is 14.2. The summed E-state index contributed by atoms with van der Waals surface area (Å²) in [5, 5.41) is 8.80. The van der Waals surface area contributed by atoms with Gasteiger partial charge in [0.25, 0.3) is 5.91 Å². The van der Waals surface area contributed by atoms with Gasteiger partial charge in [0.15, 0.2) is 15.9 Å². The van der Waals surface area contributed by atoms with Crippen LogP contribution in [0.5, 0.6) is 0 Å². The van der Waals surface area contributed by atoms with Crippen molar-refractivity contribution < 1.29 is 27.9 Å². The van der Waals surface area contributed by atoms with Crippen LogP contribution in [0.1, 0.15) is 19.3 Å². The molecule has 1 N–H and O–H groups in total. The molecular formula is C11H17NO6S. The molecule has 2 aliphatic rings. The summed E-state index contributed by atoms with van der Waals surface area (Å²) in [6, 6.07) is -0.329. The van der Waals surface area contributed by atoms with Crippen molar-refractivity contribution in [1.82, 2.24) is 4.90 Å². The van der Waals surface area contributed by atoms with Crippen LogP contribution in [0.15, 0.2) is 0 Å². The first kappa shape index (κ1) is 14.3. The molecule has 0 spiro atoms. The second-order valence-electron chi connectivity index (χ2n) is 5.03. The van der Waals surface area contributed by atoms with E-state index in [1.165, 1.54) is 4.90 Å². The van der Waals surface area contributed by atoms with E-state index >= 15 is 0 Å². The molecule has 108 valence electrons. The van der Waals surface area contributed by atoms with Crippen molar-refractivity contribution in [2.24, 2.45) is 0 Å². The van der Waals surface area contributed by atoms with E-state index in [9.17, 15) is 18.0 Å². The van der Waals surface area contributed by atoms with E-state index in [0.717, 1.165) is 0 Å². The standard InChI is InChI=1S/C11H17NO6S/c1-12(7-4-5-19(16,17)6-7)10(13)8-2-3-9(18-8)11(14)15/h7-9H,2-6H2,1H3,(H,14,15). The van der Waals surface area contributed by atoms with Gasteiger partial charge in [-0.2, -0.15) is 0 Å². The van der Waals surface area contributed by atoms with Crippen molar-refractivity contribution in [3.8, 4) is 0 Å². The van der Waals surface area contributed by atoms with Crippen molar-refractivity contribution in [1.29, 1.82) is 0 Å². The zero-order valence-electron chi connectivity index (χ0n) is 10.6. The highest BCUT2D eigenvalue weighted by Gasteiger charge is 2.39. The Morgan fingerprint density at radius 1 is 1.21 bits per heavy atom. The molecule has 0 bridgehead atoms. The summed E-state index contributed by atoms with van der Waals surface area (Å²) in [6.45, 7) is 0. The van der Waals surface area contributed by atoms with E-state index < -0.39 is 28.0 Å². The van der Waals surface area contributed by atoms with E-state index in [1.54, 1.807) is 7.05 Å². The molecule has 0 aliphatic carbocycles. The molecule has 0 aromatic carbocycles. The van der Waals surface area contributed by atoms with Gasteiger partial charge in [-0.1, -0.05) is 0 Å². The first-order valence-corrected chi connectivity index (χ1v) is 7.97. The average molecular weight is 291 g/mol. The summed E-state index contributed by atoms with van der Waals surface area (Å²) in [4.78, 5) is 24.3. The fraction of sp³-hybridized carbons (Fsp3) is 0.818. The van der Waals surface area contributed by atoms with Crippen molar-refractivity contribution in [2.45, 2.75) is 37.5 Å². The second kappa shape index (κ2) is 5.09. The normalized spacial score (nSPS) is 33.2. The van der Waals surface area contributed by atoms with Gasteiger partial charge in [-0.05, 0) is 19.3 Å². The maximum atomic E-state index is 12.1. The number of carboxylic acids is 1. The number of sulfone groups is 1. The Kier molecular flexibility index (Phi) is 3.82. The first-order valence-electron chi connectivity index (χ1n) is 6.15. The van der Waals surface area contributed by atoms with Crippen molar-refractivity contribution >= 4 is 21.7 Å². The minimum absolute atomic E-state index is 0.0235. The maximum Gasteiger partial charge on any atom is 0.332 e. The van der Waals surface area contributed by atoms with Gasteiger partial charge < -0.3 is 14.7 Å². The summed E-state index contributed by atoms with van der Waals surface area (Å²) >= 11 is 0. The van der Waals surface area contributed by atoms with Gasteiger partial charge in [0, 0.05) is 13.1 Å². The van der Waals surface area contributed by atoms with Crippen LogP contribution in [0.25, 0.3) is 0 Å². The number of carboxylic acid groups (broad SMARTS) is 1. The number of nitrogens with zero attached hydrogens (tertiary/aromatic N) is 1. The highest BCUT2D eigenvalue weighted by Crippen LogP contribution is 2.24. The van der Waals surface area contributed by atoms with Crippen LogP contribution in [-0.4, -0.2) is 67.1 Å². The predicted octanol–water partition coefficient (Wildman–Crippen LogP) is -0.736. The SMILES string of the molecule is CN(C(=O)C1CCC(C(=O)O)O1)C1CCS(=O)(=O)C1. The number of aliphatic carboxylic acids is 1. The van der Waals surface area contributed by atoms with Gasteiger partial charge in [-0.15, -0.1) is 0 Å². The number of carbonyl (C=O) groups excluding carboxylic acids is 1. The van der Waals surface area contributed by atoms with Gasteiger partial charge >= 0.3 is 5.97 Å². The Hall–Kier alpha value is -1.15. The molecule has 0 saturated carbocycles. The first-order chi connectivity index (χ1) is 8.80. The van der Waals surface area contributed by atoms with E-state index in [-0.39, 0.29) is 23.5 Å². The molecule has 7 nitrogen and oxygen atoms in total. The molecule has 19 heavy (non-hydrogen) atoms. The Morgan fingerprint density at radius 2 is 1.84 bits per heavy atom. The third kappa shape index (κ3) is 3.06. The Bertz CT molecular complexity index is 487. The fourth-order valence-electron chi connectivity index (χ4n) is 2.49. The minimum Gasteiger partial charge on any atom is -0.479 e. The van der Waals surface area contributed by atoms with Gasteiger partial charge in [0.2, 0.25) is 0 Å². The predicted molar refractivity (Wildman–Crippen MR) is 65.4 cm³/mol. The van der Waals surface area contributed by atoms with Gasteiger partial charge in [0.1, 0.15) is 6.10 Å². The molecule has 2 fully saturated rings. The molecule has 2 heterocycles. The highest BCUT2D eigenvalue weighted by molar-refractivity contribution is 7.91. The lowest BCUT2D eigenvalue weighted by molar-refractivity contribution is -0.154. The van der Waals surface area contributed by atoms with Crippen LogP contribution >= 0.6 is 0 Å². The van der Waals surface area contributed by atoms with Crippen LogP contribution in [0.2, 0.25) is 0 Å². The lowest BCUT2D eigenvalue weighted by Crippen LogP contribution is -2.43. The minimum atomic E-state index is -3.05. The van der Waals surface area contributed by atoms with Crippen molar-refractivity contribution in [3.63, 3.8) is 0 Å². The largest absolute Gasteiger partial charge is 0.479 e. The van der Waals surface area contributed by atoms with Crippen LogP contribution in [0, 0.1) is 0 Å².